The SMILES string of the molecule is COc1cc(N2CCC(CN3CCN(c4cc5c(cc4F)c(N4CCC(=O)NC4=O)nn5C)CC3)CC2)c(-c2cnn(C)c2)cc1Nc1ncc(Br)c(Nc2ccc3nc(C)ccc3c2P(C)(C)=O)n1. The molecule has 4 aromatic heterocycles. The Hall–Kier alpha value is -6.63. The van der Waals surface area contributed by atoms with Gasteiger partial charge in [-0.3, -0.25) is 34.3 Å². The third-order valence-electron chi connectivity index (χ3n) is 13.5. The van der Waals surface area contributed by atoms with Gasteiger partial charge in [0.15, 0.2) is 5.82 Å². The first kappa shape index (κ1) is 47.1. The number of fused-ring (bicyclic) bond motifs is 2. The molecule has 0 saturated carbocycles. The van der Waals surface area contributed by atoms with Gasteiger partial charge >= 0.3 is 6.03 Å². The number of piperazine rings is 1. The quantitative estimate of drug-likeness (QED) is 0.101. The van der Waals surface area contributed by atoms with Gasteiger partial charge in [-0.2, -0.15) is 15.2 Å². The number of carbonyl (C=O) groups is 2. The monoisotopic (exact) mass is 1030 g/mol. The van der Waals surface area contributed by atoms with Gasteiger partial charge in [-0.1, -0.05) is 6.07 Å². The summed E-state index contributed by atoms with van der Waals surface area (Å²) in [6.07, 6.45) is 7.74. The van der Waals surface area contributed by atoms with Crippen molar-refractivity contribution in [1.82, 2.24) is 44.7 Å². The molecule has 3 aliphatic rings. The van der Waals surface area contributed by atoms with Gasteiger partial charge in [-0.25, -0.2) is 14.2 Å². The molecule has 0 spiro atoms. The van der Waals surface area contributed by atoms with Crippen LogP contribution in [0.15, 0.2) is 71.6 Å². The van der Waals surface area contributed by atoms with E-state index in [2.05, 4.69) is 78.9 Å². The van der Waals surface area contributed by atoms with E-state index in [1.165, 1.54) is 11.0 Å². The Kier molecular flexibility index (Phi) is 12.7. The number of halogens is 2. The number of hydrogen-bond acceptors (Lipinski definition) is 14. The number of aryl methyl sites for hydroxylation is 3. The standard InChI is InChI=1S/C49H55BrFN14O4P/c1-29-7-8-32-37(54-29)9-10-38(45(32)70(5,6)68)55-46-35(50)26-52-48(58-46)56-39-22-33(31-25-53-60(2)28-31)41(24-43(39)69-4)63-14-11-30(12-15-63)27-62-17-19-64(20-18-62)42-23-40-34(21-36(42)51)47(59-61(40)3)65-16-13-44(66)57-49(65)67/h7-10,21-26,28,30H,11-20,27H2,1-6H3,(H,57,66,67)(H2,52,55,56,58). The van der Waals surface area contributed by atoms with Crippen molar-refractivity contribution in [1.29, 1.82) is 0 Å². The maximum Gasteiger partial charge on any atom is 0.329 e. The molecular formula is C49H55BrFN14O4P. The summed E-state index contributed by atoms with van der Waals surface area (Å²) in [5.74, 6) is 1.62. The molecule has 3 N–H and O–H groups in total. The number of urea groups is 1. The molecule has 0 unspecified atom stereocenters. The van der Waals surface area contributed by atoms with Crippen molar-refractivity contribution in [3.8, 4) is 16.9 Å². The van der Waals surface area contributed by atoms with E-state index in [-0.39, 0.29) is 24.7 Å². The fraction of sp³-hybridized carbons (Fsp3) is 0.367. The average Bonchev–Trinajstić information content (AvgIpc) is 3.91. The number of carbonyl (C=O) groups excluding carboxylic acids is 2. The zero-order valence-electron chi connectivity index (χ0n) is 40.0. The molecule has 3 fully saturated rings. The van der Waals surface area contributed by atoms with Crippen LogP contribution in [0.1, 0.15) is 25.0 Å². The highest BCUT2D eigenvalue weighted by molar-refractivity contribution is 9.10. The smallest absolute Gasteiger partial charge is 0.329 e. The molecule has 3 saturated heterocycles. The van der Waals surface area contributed by atoms with Crippen LogP contribution in [-0.2, 0) is 23.5 Å². The van der Waals surface area contributed by atoms with Crippen molar-refractivity contribution in [3.63, 3.8) is 0 Å². The molecule has 3 amide bonds. The number of pyridine rings is 1. The molecule has 0 radical (unpaired) electrons. The van der Waals surface area contributed by atoms with Crippen LogP contribution in [0.4, 0.5) is 49.5 Å². The highest BCUT2D eigenvalue weighted by Crippen LogP contribution is 2.44. The minimum absolute atomic E-state index is 0.161. The Morgan fingerprint density at radius 1 is 0.886 bits per heavy atom. The van der Waals surface area contributed by atoms with Crippen molar-refractivity contribution in [2.45, 2.75) is 26.2 Å². The first-order valence-corrected chi connectivity index (χ1v) is 26.7. The van der Waals surface area contributed by atoms with Crippen molar-refractivity contribution in [2.75, 3.05) is 98.1 Å². The Labute approximate surface area is 413 Å². The van der Waals surface area contributed by atoms with E-state index in [0.717, 1.165) is 79.0 Å². The zero-order valence-corrected chi connectivity index (χ0v) is 42.4. The molecule has 70 heavy (non-hydrogen) atoms. The molecule has 18 nitrogen and oxygen atoms in total. The summed E-state index contributed by atoms with van der Waals surface area (Å²) in [5.41, 5.74) is 7.28. The van der Waals surface area contributed by atoms with E-state index in [1.54, 1.807) is 43.0 Å². The number of aromatic nitrogens is 7. The topological polar surface area (TPSA) is 184 Å². The second-order valence-electron chi connectivity index (χ2n) is 18.7. The van der Waals surface area contributed by atoms with Crippen LogP contribution in [0.3, 0.4) is 0 Å². The van der Waals surface area contributed by atoms with Gasteiger partial charge in [0.1, 0.15) is 24.5 Å². The van der Waals surface area contributed by atoms with Crippen molar-refractivity contribution in [2.24, 2.45) is 20.0 Å². The van der Waals surface area contributed by atoms with Crippen LogP contribution in [0.25, 0.3) is 32.9 Å². The number of methoxy groups -OCH3 is 1. The Bertz CT molecular complexity index is 3230. The van der Waals surface area contributed by atoms with Crippen molar-refractivity contribution >= 4 is 102 Å². The van der Waals surface area contributed by atoms with Crippen LogP contribution in [0.2, 0.25) is 0 Å². The predicted octanol–water partition coefficient (Wildman–Crippen LogP) is 7.75. The maximum absolute atomic E-state index is 15.8. The van der Waals surface area contributed by atoms with Crippen molar-refractivity contribution < 1.29 is 23.3 Å². The van der Waals surface area contributed by atoms with Crippen LogP contribution in [-0.4, -0.2) is 124 Å². The molecule has 364 valence electrons. The van der Waals surface area contributed by atoms with Gasteiger partial charge in [0.2, 0.25) is 11.9 Å². The molecular weight excluding hydrogens is 979 g/mol. The number of nitrogens with zero attached hydrogens (tertiary/aromatic N) is 11. The summed E-state index contributed by atoms with van der Waals surface area (Å²) >= 11 is 3.63. The summed E-state index contributed by atoms with van der Waals surface area (Å²) < 4.78 is 39.7. The third kappa shape index (κ3) is 9.39. The lowest BCUT2D eigenvalue weighted by atomic mass is 9.94. The average molecular weight is 1030 g/mol. The molecule has 7 heterocycles. The van der Waals surface area contributed by atoms with E-state index >= 15 is 4.39 Å². The molecule has 21 heteroatoms. The first-order chi connectivity index (χ1) is 33.6. The third-order valence-corrected chi connectivity index (χ3v) is 15.6. The number of rotatable bonds is 12. The second kappa shape index (κ2) is 18.9. The van der Waals surface area contributed by atoms with Gasteiger partial charge in [0.05, 0.1) is 45.9 Å². The number of nitrogens with one attached hydrogen (secondary N) is 3. The van der Waals surface area contributed by atoms with Gasteiger partial charge in [0.25, 0.3) is 0 Å². The minimum Gasteiger partial charge on any atom is -0.494 e. The van der Waals surface area contributed by atoms with Gasteiger partial charge < -0.3 is 29.7 Å². The largest absolute Gasteiger partial charge is 0.494 e. The molecule has 0 bridgehead atoms. The maximum atomic E-state index is 15.8. The number of piperidine rings is 1. The van der Waals surface area contributed by atoms with E-state index in [4.69, 9.17) is 9.72 Å². The van der Waals surface area contributed by atoms with Gasteiger partial charge in [-0.05, 0) is 91.3 Å². The molecule has 3 aliphatic heterocycles. The second-order valence-corrected chi connectivity index (χ2v) is 22.7. The summed E-state index contributed by atoms with van der Waals surface area (Å²) in [6.45, 7) is 11.3. The van der Waals surface area contributed by atoms with E-state index in [9.17, 15) is 14.2 Å². The summed E-state index contributed by atoms with van der Waals surface area (Å²) in [5, 5.41) is 20.3. The Balaban J connectivity index is 0.816. The van der Waals surface area contributed by atoms with E-state index < -0.39 is 13.2 Å². The lowest BCUT2D eigenvalue weighted by Crippen LogP contribution is -2.49. The molecule has 0 aliphatic carbocycles. The molecule has 10 rings (SSSR count). The van der Waals surface area contributed by atoms with Crippen LogP contribution in [0.5, 0.6) is 5.75 Å². The Morgan fingerprint density at radius 2 is 1.66 bits per heavy atom. The lowest BCUT2D eigenvalue weighted by Gasteiger charge is -2.40. The summed E-state index contributed by atoms with van der Waals surface area (Å²) in [6, 6.07) is 14.6. The van der Waals surface area contributed by atoms with Crippen molar-refractivity contribution in [3.05, 3.63) is 83.1 Å². The van der Waals surface area contributed by atoms with E-state index in [1.807, 2.05) is 56.7 Å². The minimum atomic E-state index is -2.77. The fourth-order valence-corrected chi connectivity index (χ4v) is 11.7. The van der Waals surface area contributed by atoms with E-state index in [0.29, 0.717) is 80.1 Å². The number of ether oxygens (including phenoxy) is 1. The number of benzene rings is 3. The fourth-order valence-electron chi connectivity index (χ4n) is 9.97. The van der Waals surface area contributed by atoms with Crippen LogP contribution < -0.4 is 40.7 Å². The molecule has 7 aromatic rings. The zero-order chi connectivity index (χ0) is 49.0. The number of hydrogen-bond donors (Lipinski definition) is 3. The Morgan fingerprint density at radius 3 is 2.37 bits per heavy atom. The number of anilines is 7. The first-order valence-electron chi connectivity index (χ1n) is 23.3. The highest BCUT2D eigenvalue weighted by Gasteiger charge is 2.31. The van der Waals surface area contributed by atoms with Crippen LogP contribution >= 0.6 is 23.1 Å². The predicted molar refractivity (Wildman–Crippen MR) is 277 cm³/mol. The molecule has 0 atom stereocenters. The van der Waals surface area contributed by atoms with Crippen LogP contribution in [0, 0.1) is 18.7 Å². The van der Waals surface area contributed by atoms with Gasteiger partial charge in [0, 0.05) is 130 Å². The van der Waals surface area contributed by atoms with Gasteiger partial charge in [-0.15, -0.1) is 0 Å². The normalized spacial score (nSPS) is 16.4. The highest BCUT2D eigenvalue weighted by atomic mass is 79.9. The number of imide groups is 1. The summed E-state index contributed by atoms with van der Waals surface area (Å²) in [4.78, 5) is 46.9. The lowest BCUT2D eigenvalue weighted by molar-refractivity contribution is -0.120. The molecule has 3 aromatic carbocycles. The summed E-state index contributed by atoms with van der Waals surface area (Å²) in [7, 11) is 2.58. The number of amides is 3.